The van der Waals surface area contributed by atoms with Gasteiger partial charge in [-0.25, -0.2) is 8.42 Å². The zero-order valence-corrected chi connectivity index (χ0v) is 19.0. The van der Waals surface area contributed by atoms with E-state index in [1.807, 2.05) is 12.1 Å². The Balaban J connectivity index is 1.15. The molecule has 9 heteroatoms. The predicted molar refractivity (Wildman–Crippen MR) is 119 cm³/mol. The fourth-order valence-electron chi connectivity index (χ4n) is 4.84. The summed E-state index contributed by atoms with van der Waals surface area (Å²) in [7, 11) is -3.26. The van der Waals surface area contributed by atoms with E-state index in [0.29, 0.717) is 12.7 Å². The highest BCUT2D eigenvalue weighted by molar-refractivity contribution is 7.91. The van der Waals surface area contributed by atoms with Gasteiger partial charge < -0.3 is 19.7 Å². The van der Waals surface area contributed by atoms with E-state index in [0.717, 1.165) is 81.8 Å². The minimum Gasteiger partial charge on any atom is -0.454 e. The van der Waals surface area contributed by atoms with Crippen molar-refractivity contribution < 1.29 is 22.7 Å². The number of piperazine rings is 1. The Morgan fingerprint density at radius 3 is 2.55 bits per heavy atom. The summed E-state index contributed by atoms with van der Waals surface area (Å²) in [5.74, 6) is 1.61. The highest BCUT2D eigenvalue weighted by Crippen LogP contribution is 2.41. The number of carbonyl (C=O) groups is 1. The van der Waals surface area contributed by atoms with Crippen LogP contribution in [0.25, 0.3) is 0 Å². The van der Waals surface area contributed by atoms with Crippen molar-refractivity contribution in [3.63, 3.8) is 0 Å². The molecule has 4 rings (SSSR count). The summed E-state index contributed by atoms with van der Waals surface area (Å²) in [4.78, 5) is 16.7. The van der Waals surface area contributed by atoms with Crippen molar-refractivity contribution in [2.45, 2.75) is 38.1 Å². The van der Waals surface area contributed by atoms with Crippen LogP contribution in [0.3, 0.4) is 0 Å². The molecule has 1 saturated carbocycles. The van der Waals surface area contributed by atoms with Crippen molar-refractivity contribution in [2.75, 3.05) is 56.4 Å². The molecule has 0 spiro atoms. The molecule has 8 nitrogen and oxygen atoms in total. The summed E-state index contributed by atoms with van der Waals surface area (Å²) >= 11 is 0. The number of ether oxygens (including phenoxy) is 2. The highest BCUT2D eigenvalue weighted by atomic mass is 32.2. The van der Waals surface area contributed by atoms with Gasteiger partial charge in [0.1, 0.15) is 5.75 Å². The number of hydrogen-bond donors (Lipinski definition) is 1. The second-order valence-electron chi connectivity index (χ2n) is 8.98. The van der Waals surface area contributed by atoms with E-state index in [4.69, 9.17) is 9.47 Å². The van der Waals surface area contributed by atoms with Crippen LogP contribution < -0.4 is 19.7 Å². The Morgan fingerprint density at radius 1 is 1.10 bits per heavy atom. The lowest BCUT2D eigenvalue weighted by Gasteiger charge is -2.37. The Hall–Kier alpha value is -2.00. The molecule has 2 aliphatic heterocycles. The Kier molecular flexibility index (Phi) is 6.91. The smallest absolute Gasteiger partial charge is 0.235 e. The number of anilines is 1. The molecular formula is C22H33N3O5S. The van der Waals surface area contributed by atoms with E-state index in [-0.39, 0.29) is 11.9 Å². The van der Waals surface area contributed by atoms with Gasteiger partial charge in [-0.2, -0.15) is 0 Å². The maximum atomic E-state index is 11.8. The van der Waals surface area contributed by atoms with Gasteiger partial charge in [-0.15, -0.1) is 0 Å². The normalized spacial score (nSPS) is 24.2. The fourth-order valence-corrected chi connectivity index (χ4v) is 5.40. The van der Waals surface area contributed by atoms with Crippen LogP contribution in [-0.4, -0.2) is 76.8 Å². The van der Waals surface area contributed by atoms with Crippen molar-refractivity contribution in [2.24, 2.45) is 5.92 Å². The van der Waals surface area contributed by atoms with Gasteiger partial charge in [0.15, 0.2) is 21.3 Å². The fraction of sp³-hybridized carbons (Fsp3) is 0.682. The first kappa shape index (κ1) is 22.2. The zero-order valence-electron chi connectivity index (χ0n) is 18.2. The van der Waals surface area contributed by atoms with Crippen LogP contribution in [0.1, 0.15) is 32.1 Å². The summed E-state index contributed by atoms with van der Waals surface area (Å²) < 4.78 is 33.6. The number of fused-ring (bicyclic) bond motifs is 1. The average molecular weight is 452 g/mol. The van der Waals surface area contributed by atoms with Gasteiger partial charge >= 0.3 is 0 Å². The summed E-state index contributed by atoms with van der Waals surface area (Å²) in [6, 6.07) is 6.20. The van der Waals surface area contributed by atoms with E-state index in [2.05, 4.69) is 21.2 Å². The highest BCUT2D eigenvalue weighted by Gasteiger charge is 2.26. The number of benzene rings is 1. The molecule has 0 aromatic heterocycles. The number of nitrogens with one attached hydrogen (secondary N) is 1. The summed E-state index contributed by atoms with van der Waals surface area (Å²) in [5, 5.41) is 2.89. The Bertz CT molecular complexity index is 875. The number of carbonyl (C=O) groups excluding carboxylic acids is 1. The number of sulfone groups is 1. The third-order valence-electron chi connectivity index (χ3n) is 6.55. The molecule has 1 N–H and O–H groups in total. The van der Waals surface area contributed by atoms with Crippen molar-refractivity contribution in [1.82, 2.24) is 10.2 Å². The molecular weight excluding hydrogens is 418 g/mol. The Labute approximate surface area is 184 Å². The number of amides is 1. The molecule has 1 aromatic rings. The molecule has 0 bridgehead atoms. The van der Waals surface area contributed by atoms with Gasteiger partial charge in [0.2, 0.25) is 12.7 Å². The van der Waals surface area contributed by atoms with Crippen LogP contribution in [0.15, 0.2) is 18.2 Å². The lowest BCUT2D eigenvalue weighted by molar-refractivity contribution is -0.119. The lowest BCUT2D eigenvalue weighted by atomic mass is 9.84. The van der Waals surface area contributed by atoms with Gasteiger partial charge in [0.25, 0.3) is 0 Å². The van der Waals surface area contributed by atoms with Crippen LogP contribution in [0.5, 0.6) is 11.5 Å². The number of para-hydroxylation sites is 1. The molecule has 2 heterocycles. The molecule has 172 valence electrons. The maximum absolute atomic E-state index is 11.8. The molecule has 0 radical (unpaired) electrons. The predicted octanol–water partition coefficient (Wildman–Crippen LogP) is 1.65. The van der Waals surface area contributed by atoms with Crippen molar-refractivity contribution in [3.8, 4) is 11.5 Å². The minimum absolute atomic E-state index is 0.118. The maximum Gasteiger partial charge on any atom is 0.235 e. The van der Waals surface area contributed by atoms with Crippen LogP contribution in [-0.2, 0) is 14.6 Å². The SMILES string of the molecule is CS(=O)(=O)CC(=O)NC1CCC(CCN2CCN(c3cccc4c3OCO4)CC2)CC1. The molecule has 3 aliphatic rings. The molecule has 1 aliphatic carbocycles. The number of rotatable bonds is 7. The average Bonchev–Trinajstić information content (AvgIpc) is 3.21. The third kappa shape index (κ3) is 6.04. The van der Waals surface area contributed by atoms with E-state index in [1.165, 1.54) is 6.42 Å². The quantitative estimate of drug-likeness (QED) is 0.674. The van der Waals surface area contributed by atoms with Gasteiger partial charge in [0, 0.05) is 38.5 Å². The van der Waals surface area contributed by atoms with Crippen molar-refractivity contribution >= 4 is 21.4 Å². The second kappa shape index (κ2) is 9.65. The Morgan fingerprint density at radius 2 is 1.84 bits per heavy atom. The van der Waals surface area contributed by atoms with E-state index < -0.39 is 15.6 Å². The van der Waals surface area contributed by atoms with Gasteiger partial charge in [0.05, 0.1) is 5.69 Å². The van der Waals surface area contributed by atoms with E-state index >= 15 is 0 Å². The first-order valence-electron chi connectivity index (χ1n) is 11.2. The molecule has 1 aromatic carbocycles. The standard InChI is InChI=1S/C22H33N3O5S/c1-31(27,28)15-21(26)23-18-7-5-17(6-8-18)9-10-24-11-13-25(14-12-24)19-3-2-4-20-22(19)30-16-29-20/h2-4,17-18H,5-16H2,1H3,(H,23,26). The molecule has 31 heavy (non-hydrogen) atoms. The van der Waals surface area contributed by atoms with Crippen LogP contribution >= 0.6 is 0 Å². The minimum atomic E-state index is -3.26. The van der Waals surface area contributed by atoms with E-state index in [1.54, 1.807) is 0 Å². The van der Waals surface area contributed by atoms with E-state index in [9.17, 15) is 13.2 Å². The summed E-state index contributed by atoms with van der Waals surface area (Å²) in [5.41, 5.74) is 1.13. The first-order valence-corrected chi connectivity index (χ1v) is 13.3. The lowest BCUT2D eigenvalue weighted by Crippen LogP contribution is -2.47. The summed E-state index contributed by atoms with van der Waals surface area (Å²) in [6.45, 7) is 5.47. The van der Waals surface area contributed by atoms with Gasteiger partial charge in [-0.05, 0) is 56.7 Å². The van der Waals surface area contributed by atoms with Crippen LogP contribution in [0.4, 0.5) is 5.69 Å². The monoisotopic (exact) mass is 451 g/mol. The van der Waals surface area contributed by atoms with Crippen LogP contribution in [0.2, 0.25) is 0 Å². The third-order valence-corrected chi connectivity index (χ3v) is 7.33. The zero-order chi connectivity index (χ0) is 21.8. The first-order chi connectivity index (χ1) is 14.9. The molecule has 0 atom stereocenters. The molecule has 1 amide bonds. The number of hydrogen-bond acceptors (Lipinski definition) is 7. The van der Waals surface area contributed by atoms with Crippen molar-refractivity contribution in [3.05, 3.63) is 18.2 Å². The largest absolute Gasteiger partial charge is 0.454 e. The molecule has 1 saturated heterocycles. The van der Waals surface area contributed by atoms with Gasteiger partial charge in [-0.3, -0.25) is 9.69 Å². The summed E-state index contributed by atoms with van der Waals surface area (Å²) in [6.07, 6.45) is 6.35. The topological polar surface area (TPSA) is 88.2 Å². The van der Waals surface area contributed by atoms with Gasteiger partial charge in [-0.1, -0.05) is 6.07 Å². The number of nitrogens with zero attached hydrogens (tertiary/aromatic N) is 2. The van der Waals surface area contributed by atoms with Crippen LogP contribution in [0, 0.1) is 5.92 Å². The van der Waals surface area contributed by atoms with Crippen molar-refractivity contribution in [1.29, 1.82) is 0 Å². The molecule has 2 fully saturated rings. The molecule has 0 unspecified atom stereocenters. The second-order valence-corrected chi connectivity index (χ2v) is 11.1.